The average molecular weight is 360 g/mol. The van der Waals surface area contributed by atoms with Crippen LogP contribution < -0.4 is 10.3 Å². The van der Waals surface area contributed by atoms with Crippen molar-refractivity contribution in [1.82, 2.24) is 14.5 Å². The zero-order valence-corrected chi connectivity index (χ0v) is 12.9. The predicted octanol–water partition coefficient (Wildman–Crippen LogP) is 2.16. The van der Waals surface area contributed by atoms with Crippen molar-refractivity contribution in [2.24, 2.45) is 0 Å². The van der Waals surface area contributed by atoms with E-state index in [1.165, 1.54) is 10.8 Å². The SMILES string of the molecule is O=C(Cn1c(=O)cnc2ccccc21)Oc1cccnc1Br. The second-order valence-electron chi connectivity index (χ2n) is 4.44. The van der Waals surface area contributed by atoms with Crippen LogP contribution in [0.3, 0.4) is 0 Å². The van der Waals surface area contributed by atoms with Crippen LogP contribution in [0.1, 0.15) is 0 Å². The third kappa shape index (κ3) is 2.89. The van der Waals surface area contributed by atoms with E-state index >= 15 is 0 Å². The third-order valence-corrected chi connectivity index (χ3v) is 3.58. The molecule has 0 aliphatic carbocycles. The van der Waals surface area contributed by atoms with Crippen LogP contribution in [0, 0.1) is 0 Å². The monoisotopic (exact) mass is 359 g/mol. The number of esters is 1. The molecular formula is C15H10BrN3O3. The molecule has 0 aliphatic heterocycles. The van der Waals surface area contributed by atoms with E-state index in [1.54, 1.807) is 36.5 Å². The van der Waals surface area contributed by atoms with E-state index in [9.17, 15) is 9.59 Å². The molecule has 7 heteroatoms. The first kappa shape index (κ1) is 14.4. The van der Waals surface area contributed by atoms with Gasteiger partial charge in [-0.25, -0.2) is 14.8 Å². The van der Waals surface area contributed by atoms with Crippen molar-refractivity contribution in [2.75, 3.05) is 0 Å². The zero-order valence-electron chi connectivity index (χ0n) is 11.3. The first-order valence-electron chi connectivity index (χ1n) is 6.41. The molecule has 0 radical (unpaired) electrons. The number of benzene rings is 1. The number of carbonyl (C=O) groups excluding carboxylic acids is 1. The number of pyridine rings is 1. The molecule has 3 rings (SSSR count). The number of carbonyl (C=O) groups is 1. The number of nitrogens with zero attached hydrogens (tertiary/aromatic N) is 3. The maximum atomic E-state index is 12.1. The first-order chi connectivity index (χ1) is 10.6. The van der Waals surface area contributed by atoms with Crippen LogP contribution in [0.25, 0.3) is 11.0 Å². The summed E-state index contributed by atoms with van der Waals surface area (Å²) < 4.78 is 6.98. The molecule has 22 heavy (non-hydrogen) atoms. The Labute approximate surface area is 133 Å². The molecule has 0 spiro atoms. The highest BCUT2D eigenvalue weighted by molar-refractivity contribution is 9.10. The van der Waals surface area contributed by atoms with Crippen LogP contribution in [0.2, 0.25) is 0 Å². The Kier molecular flexibility index (Phi) is 3.97. The van der Waals surface area contributed by atoms with Gasteiger partial charge >= 0.3 is 5.97 Å². The lowest BCUT2D eigenvalue weighted by Gasteiger charge is -2.09. The van der Waals surface area contributed by atoms with Gasteiger partial charge in [0, 0.05) is 6.20 Å². The molecule has 0 bridgehead atoms. The number of para-hydroxylation sites is 2. The summed E-state index contributed by atoms with van der Waals surface area (Å²) in [6.07, 6.45) is 2.76. The standard InChI is InChI=1S/C15H10BrN3O3/c16-15-12(6-3-7-17-15)22-14(21)9-19-11-5-2-1-4-10(11)18-8-13(19)20/h1-8H,9H2. The molecule has 0 unspecified atom stereocenters. The topological polar surface area (TPSA) is 74.1 Å². The molecule has 0 saturated carbocycles. The fourth-order valence-corrected chi connectivity index (χ4v) is 2.34. The lowest BCUT2D eigenvalue weighted by atomic mass is 10.3. The van der Waals surface area contributed by atoms with Gasteiger partial charge in [0.2, 0.25) is 0 Å². The van der Waals surface area contributed by atoms with E-state index in [2.05, 4.69) is 25.9 Å². The van der Waals surface area contributed by atoms with Gasteiger partial charge in [-0.15, -0.1) is 0 Å². The molecule has 1 aromatic carbocycles. The van der Waals surface area contributed by atoms with Crippen molar-refractivity contribution in [1.29, 1.82) is 0 Å². The van der Waals surface area contributed by atoms with E-state index in [0.717, 1.165) is 0 Å². The highest BCUT2D eigenvalue weighted by atomic mass is 79.9. The van der Waals surface area contributed by atoms with Gasteiger partial charge in [-0.3, -0.25) is 9.36 Å². The fourth-order valence-electron chi connectivity index (χ4n) is 2.01. The molecular weight excluding hydrogens is 350 g/mol. The van der Waals surface area contributed by atoms with Crippen molar-refractivity contribution < 1.29 is 9.53 Å². The summed E-state index contributed by atoms with van der Waals surface area (Å²) in [6, 6.07) is 10.4. The molecule has 0 fully saturated rings. The van der Waals surface area contributed by atoms with Gasteiger partial charge in [0.15, 0.2) is 5.75 Å². The summed E-state index contributed by atoms with van der Waals surface area (Å²) in [5.74, 6) is -0.258. The number of hydrogen-bond acceptors (Lipinski definition) is 5. The molecule has 0 amide bonds. The fraction of sp³-hybridized carbons (Fsp3) is 0.0667. The van der Waals surface area contributed by atoms with Crippen molar-refractivity contribution in [3.8, 4) is 5.75 Å². The van der Waals surface area contributed by atoms with Crippen LogP contribution >= 0.6 is 15.9 Å². The van der Waals surface area contributed by atoms with Gasteiger partial charge in [-0.1, -0.05) is 12.1 Å². The molecule has 0 atom stereocenters. The molecule has 110 valence electrons. The van der Waals surface area contributed by atoms with Crippen molar-refractivity contribution in [3.05, 3.63) is 63.7 Å². The minimum atomic E-state index is -0.563. The Bertz CT molecular complexity index is 908. The van der Waals surface area contributed by atoms with Gasteiger partial charge in [-0.2, -0.15) is 0 Å². The normalized spacial score (nSPS) is 10.6. The lowest BCUT2D eigenvalue weighted by Crippen LogP contribution is -2.27. The maximum absolute atomic E-state index is 12.1. The number of aromatic nitrogens is 3. The molecule has 2 heterocycles. The van der Waals surface area contributed by atoms with Gasteiger partial charge < -0.3 is 4.74 Å². The average Bonchev–Trinajstić information content (AvgIpc) is 2.52. The van der Waals surface area contributed by atoms with Gasteiger partial charge in [0.25, 0.3) is 5.56 Å². The van der Waals surface area contributed by atoms with E-state index in [0.29, 0.717) is 21.4 Å². The molecule has 0 N–H and O–H groups in total. The van der Waals surface area contributed by atoms with Crippen molar-refractivity contribution in [3.63, 3.8) is 0 Å². The number of ether oxygens (including phenoxy) is 1. The van der Waals surface area contributed by atoms with Crippen LogP contribution in [0.15, 0.2) is 58.2 Å². The minimum Gasteiger partial charge on any atom is -0.422 e. The lowest BCUT2D eigenvalue weighted by molar-refractivity contribution is -0.135. The third-order valence-electron chi connectivity index (χ3n) is 2.99. The smallest absolute Gasteiger partial charge is 0.331 e. The number of fused-ring (bicyclic) bond motifs is 1. The molecule has 0 aliphatic rings. The summed E-state index contributed by atoms with van der Waals surface area (Å²) in [6.45, 7) is -0.205. The van der Waals surface area contributed by atoms with Crippen molar-refractivity contribution >= 4 is 32.9 Å². The van der Waals surface area contributed by atoms with Crippen molar-refractivity contribution in [2.45, 2.75) is 6.54 Å². The predicted molar refractivity (Wildman–Crippen MR) is 83.6 cm³/mol. The summed E-state index contributed by atoms with van der Waals surface area (Å²) >= 11 is 3.20. The number of rotatable bonds is 3. The van der Waals surface area contributed by atoms with Crippen LogP contribution in [-0.2, 0) is 11.3 Å². The van der Waals surface area contributed by atoms with E-state index < -0.39 is 5.97 Å². The Morgan fingerprint density at radius 3 is 2.82 bits per heavy atom. The van der Waals surface area contributed by atoms with Gasteiger partial charge in [-0.05, 0) is 40.2 Å². The van der Waals surface area contributed by atoms with E-state index in [1.807, 2.05) is 6.07 Å². The summed E-state index contributed by atoms with van der Waals surface area (Å²) in [7, 11) is 0. The first-order valence-corrected chi connectivity index (χ1v) is 7.20. The van der Waals surface area contributed by atoms with E-state index in [4.69, 9.17) is 4.74 Å². The van der Waals surface area contributed by atoms with Crippen LogP contribution in [0.5, 0.6) is 5.75 Å². The zero-order chi connectivity index (χ0) is 15.5. The Balaban J connectivity index is 1.90. The highest BCUT2D eigenvalue weighted by Gasteiger charge is 2.12. The van der Waals surface area contributed by atoms with E-state index in [-0.39, 0.29) is 12.1 Å². The molecule has 6 nitrogen and oxygen atoms in total. The second-order valence-corrected chi connectivity index (χ2v) is 5.19. The van der Waals surface area contributed by atoms with Crippen LogP contribution in [0.4, 0.5) is 0 Å². The van der Waals surface area contributed by atoms with Gasteiger partial charge in [0.1, 0.15) is 11.1 Å². The summed E-state index contributed by atoms with van der Waals surface area (Å²) in [5, 5.41) is 0. The highest BCUT2D eigenvalue weighted by Crippen LogP contribution is 2.21. The number of hydrogen-bond donors (Lipinski definition) is 0. The Morgan fingerprint density at radius 1 is 1.18 bits per heavy atom. The van der Waals surface area contributed by atoms with Crippen LogP contribution in [-0.4, -0.2) is 20.5 Å². The quantitative estimate of drug-likeness (QED) is 0.529. The Hall–Kier alpha value is -2.54. The molecule has 0 saturated heterocycles. The Morgan fingerprint density at radius 2 is 2.00 bits per heavy atom. The minimum absolute atomic E-state index is 0.205. The second kappa shape index (κ2) is 6.07. The maximum Gasteiger partial charge on any atom is 0.331 e. The summed E-state index contributed by atoms with van der Waals surface area (Å²) in [4.78, 5) is 32.0. The largest absolute Gasteiger partial charge is 0.422 e. The number of halogens is 1. The van der Waals surface area contributed by atoms with Gasteiger partial charge in [0.05, 0.1) is 17.2 Å². The molecule has 3 aromatic rings. The molecule has 2 aromatic heterocycles. The summed E-state index contributed by atoms with van der Waals surface area (Å²) in [5.41, 5.74) is 0.857.